The molecule has 0 aliphatic carbocycles. The third kappa shape index (κ3) is 3.77. The monoisotopic (exact) mass is 384 g/mol. The van der Waals surface area contributed by atoms with Crippen LogP contribution in [0.3, 0.4) is 0 Å². The molecule has 1 aliphatic heterocycles. The Labute approximate surface area is 160 Å². The molecule has 1 atom stereocenters. The van der Waals surface area contributed by atoms with Gasteiger partial charge in [-0.05, 0) is 19.8 Å². The van der Waals surface area contributed by atoms with E-state index in [0.717, 1.165) is 34.7 Å². The first kappa shape index (κ1) is 17.8. The van der Waals surface area contributed by atoms with E-state index >= 15 is 0 Å². The number of aromatic nitrogens is 3. The number of ether oxygens (including phenoxy) is 1. The van der Waals surface area contributed by atoms with Gasteiger partial charge in [-0.1, -0.05) is 30.3 Å². The maximum Gasteiger partial charge on any atom is 0.294 e. The van der Waals surface area contributed by atoms with Crippen molar-refractivity contribution in [2.75, 3.05) is 13.2 Å². The van der Waals surface area contributed by atoms with Crippen LogP contribution in [0.25, 0.3) is 20.8 Å². The van der Waals surface area contributed by atoms with E-state index in [2.05, 4.69) is 15.4 Å². The van der Waals surface area contributed by atoms with Gasteiger partial charge in [-0.3, -0.25) is 9.59 Å². The first-order valence-corrected chi connectivity index (χ1v) is 9.75. The molecule has 1 amide bonds. The standard InChI is InChI=1S/C19H20N4O3S/c1-12-17-16(21-18(27-17)13-6-3-2-4-7-13)19(25)23(22-12)11-15(24)20-10-14-8-5-9-26-14/h2-4,6-7,14H,5,8-11H2,1H3,(H,20,24)/t14-/m1/s1. The maximum absolute atomic E-state index is 12.8. The summed E-state index contributed by atoms with van der Waals surface area (Å²) in [7, 11) is 0. The summed E-state index contributed by atoms with van der Waals surface area (Å²) in [5.74, 6) is -0.252. The summed E-state index contributed by atoms with van der Waals surface area (Å²) in [6.45, 7) is 2.91. The number of nitrogens with zero attached hydrogens (tertiary/aromatic N) is 3. The van der Waals surface area contributed by atoms with E-state index in [9.17, 15) is 9.59 Å². The molecule has 140 valence electrons. The van der Waals surface area contributed by atoms with Gasteiger partial charge < -0.3 is 10.1 Å². The molecule has 1 aliphatic rings. The number of thiazole rings is 1. The van der Waals surface area contributed by atoms with E-state index in [1.165, 1.54) is 16.0 Å². The molecule has 2 aromatic heterocycles. The van der Waals surface area contributed by atoms with Crippen LogP contribution in [0.4, 0.5) is 0 Å². The molecule has 0 unspecified atom stereocenters. The molecule has 7 nitrogen and oxygen atoms in total. The average molecular weight is 384 g/mol. The summed E-state index contributed by atoms with van der Waals surface area (Å²) < 4.78 is 7.44. The van der Waals surface area contributed by atoms with Crippen LogP contribution < -0.4 is 10.9 Å². The van der Waals surface area contributed by atoms with Gasteiger partial charge in [0.15, 0.2) is 5.52 Å². The lowest BCUT2D eigenvalue weighted by Crippen LogP contribution is -2.37. The highest BCUT2D eigenvalue weighted by Gasteiger charge is 2.18. The number of hydrogen-bond donors (Lipinski definition) is 1. The molecule has 0 radical (unpaired) electrons. The van der Waals surface area contributed by atoms with Crippen LogP contribution in [0.5, 0.6) is 0 Å². The number of aryl methyl sites for hydroxylation is 1. The molecule has 0 saturated carbocycles. The number of fused-ring (bicyclic) bond motifs is 1. The van der Waals surface area contributed by atoms with Crippen molar-refractivity contribution in [3.8, 4) is 10.6 Å². The number of nitrogens with one attached hydrogen (secondary N) is 1. The topological polar surface area (TPSA) is 86.1 Å². The molecular weight excluding hydrogens is 364 g/mol. The van der Waals surface area contributed by atoms with Crippen LogP contribution in [0, 0.1) is 6.92 Å². The zero-order valence-corrected chi connectivity index (χ0v) is 15.8. The van der Waals surface area contributed by atoms with Crippen molar-refractivity contribution in [1.29, 1.82) is 0 Å². The van der Waals surface area contributed by atoms with Gasteiger partial charge in [-0.2, -0.15) is 5.10 Å². The van der Waals surface area contributed by atoms with E-state index in [0.29, 0.717) is 17.8 Å². The van der Waals surface area contributed by atoms with Crippen molar-refractivity contribution in [3.63, 3.8) is 0 Å². The molecule has 1 N–H and O–H groups in total. The Balaban J connectivity index is 1.57. The average Bonchev–Trinajstić information content (AvgIpc) is 3.35. The third-order valence-corrected chi connectivity index (χ3v) is 5.74. The SMILES string of the molecule is Cc1nn(CC(=O)NC[C@H]2CCCO2)c(=O)c2nc(-c3ccccc3)sc12. The third-order valence-electron chi connectivity index (χ3n) is 4.53. The lowest BCUT2D eigenvalue weighted by Gasteiger charge is -2.11. The highest BCUT2D eigenvalue weighted by atomic mass is 32.1. The van der Waals surface area contributed by atoms with Crippen LogP contribution in [-0.4, -0.2) is 39.9 Å². The Hall–Kier alpha value is -2.58. The summed E-state index contributed by atoms with van der Waals surface area (Å²) in [6, 6.07) is 9.72. The molecule has 1 fully saturated rings. The zero-order chi connectivity index (χ0) is 18.8. The Morgan fingerprint density at radius 3 is 2.93 bits per heavy atom. The molecule has 0 bridgehead atoms. The highest BCUT2D eigenvalue weighted by molar-refractivity contribution is 7.21. The Morgan fingerprint density at radius 2 is 2.19 bits per heavy atom. The van der Waals surface area contributed by atoms with Gasteiger partial charge in [0.1, 0.15) is 11.6 Å². The smallest absolute Gasteiger partial charge is 0.294 e. The summed E-state index contributed by atoms with van der Waals surface area (Å²) in [5, 5.41) is 7.90. The summed E-state index contributed by atoms with van der Waals surface area (Å²) in [5.41, 5.74) is 1.66. The van der Waals surface area contributed by atoms with Crippen LogP contribution >= 0.6 is 11.3 Å². The largest absolute Gasteiger partial charge is 0.376 e. The first-order chi connectivity index (χ1) is 13.1. The predicted octanol–water partition coefficient (Wildman–Crippen LogP) is 2.12. The van der Waals surface area contributed by atoms with Gasteiger partial charge >= 0.3 is 0 Å². The molecule has 1 aromatic carbocycles. The van der Waals surface area contributed by atoms with Gasteiger partial charge in [0.05, 0.1) is 16.5 Å². The minimum absolute atomic E-state index is 0.0646. The number of carbonyl (C=O) groups is 1. The van der Waals surface area contributed by atoms with Crippen LogP contribution in [0.15, 0.2) is 35.1 Å². The molecule has 8 heteroatoms. The van der Waals surface area contributed by atoms with Crippen molar-refractivity contribution in [2.24, 2.45) is 0 Å². The number of hydrogen-bond acceptors (Lipinski definition) is 6. The van der Waals surface area contributed by atoms with E-state index in [1.807, 2.05) is 37.3 Å². The number of carbonyl (C=O) groups excluding carboxylic acids is 1. The van der Waals surface area contributed by atoms with Crippen molar-refractivity contribution in [3.05, 3.63) is 46.4 Å². The second-order valence-electron chi connectivity index (χ2n) is 6.55. The van der Waals surface area contributed by atoms with E-state index < -0.39 is 0 Å². The van der Waals surface area contributed by atoms with Gasteiger partial charge in [0.25, 0.3) is 5.56 Å². The number of amides is 1. The number of rotatable bonds is 5. The Morgan fingerprint density at radius 1 is 1.37 bits per heavy atom. The molecule has 3 heterocycles. The van der Waals surface area contributed by atoms with Gasteiger partial charge in [-0.25, -0.2) is 9.67 Å². The second kappa shape index (κ2) is 7.58. The minimum atomic E-state index is -0.346. The molecule has 27 heavy (non-hydrogen) atoms. The predicted molar refractivity (Wildman–Crippen MR) is 104 cm³/mol. The minimum Gasteiger partial charge on any atom is -0.376 e. The molecular formula is C19H20N4O3S. The summed E-state index contributed by atoms with van der Waals surface area (Å²) in [6.07, 6.45) is 2.03. The fraction of sp³-hybridized carbons (Fsp3) is 0.368. The van der Waals surface area contributed by atoms with Crippen LogP contribution in [0.2, 0.25) is 0 Å². The second-order valence-corrected chi connectivity index (χ2v) is 7.55. The van der Waals surface area contributed by atoms with Crippen molar-refractivity contribution < 1.29 is 9.53 Å². The molecule has 4 rings (SSSR count). The fourth-order valence-electron chi connectivity index (χ4n) is 3.14. The summed E-state index contributed by atoms with van der Waals surface area (Å²) in [4.78, 5) is 29.5. The zero-order valence-electron chi connectivity index (χ0n) is 15.0. The Bertz CT molecular complexity index is 1020. The summed E-state index contributed by atoms with van der Waals surface area (Å²) >= 11 is 1.44. The number of benzene rings is 1. The normalized spacial score (nSPS) is 16.7. The van der Waals surface area contributed by atoms with Crippen molar-refractivity contribution >= 4 is 27.5 Å². The quantitative estimate of drug-likeness (QED) is 0.728. The van der Waals surface area contributed by atoms with Crippen molar-refractivity contribution in [1.82, 2.24) is 20.1 Å². The lowest BCUT2D eigenvalue weighted by molar-refractivity contribution is -0.122. The van der Waals surface area contributed by atoms with Gasteiger partial charge in [0, 0.05) is 18.7 Å². The Kier molecular flexibility index (Phi) is 5.00. The first-order valence-electron chi connectivity index (χ1n) is 8.94. The highest BCUT2D eigenvalue weighted by Crippen LogP contribution is 2.29. The molecule has 0 spiro atoms. The maximum atomic E-state index is 12.8. The van der Waals surface area contributed by atoms with E-state index in [-0.39, 0.29) is 24.1 Å². The fourth-order valence-corrected chi connectivity index (χ4v) is 4.14. The molecule has 3 aromatic rings. The lowest BCUT2D eigenvalue weighted by atomic mass is 10.2. The van der Waals surface area contributed by atoms with Gasteiger partial charge in [0.2, 0.25) is 5.91 Å². The van der Waals surface area contributed by atoms with Crippen molar-refractivity contribution in [2.45, 2.75) is 32.4 Å². The van der Waals surface area contributed by atoms with Crippen LogP contribution in [-0.2, 0) is 16.1 Å². The molecule has 1 saturated heterocycles. The van der Waals surface area contributed by atoms with E-state index in [4.69, 9.17) is 4.74 Å². The van der Waals surface area contributed by atoms with Gasteiger partial charge in [-0.15, -0.1) is 11.3 Å². The van der Waals surface area contributed by atoms with E-state index in [1.54, 1.807) is 0 Å². The van der Waals surface area contributed by atoms with Crippen LogP contribution in [0.1, 0.15) is 18.5 Å².